The van der Waals surface area contributed by atoms with Gasteiger partial charge in [0.05, 0.1) is 39.1 Å². The lowest BCUT2D eigenvalue weighted by Gasteiger charge is -2.35. The van der Waals surface area contributed by atoms with Crippen molar-refractivity contribution in [1.82, 2.24) is 10.2 Å². The number of morpholine rings is 1. The van der Waals surface area contributed by atoms with E-state index in [2.05, 4.69) is 24.1 Å². The van der Waals surface area contributed by atoms with Gasteiger partial charge in [-0.2, -0.15) is 0 Å². The first kappa shape index (κ1) is 19.3. The number of hydrogen-bond acceptors (Lipinski definition) is 6. The van der Waals surface area contributed by atoms with E-state index in [0.717, 1.165) is 19.6 Å². The maximum Gasteiger partial charge on any atom is 0.255 e. The van der Waals surface area contributed by atoms with Crippen molar-refractivity contribution in [3.63, 3.8) is 0 Å². The quantitative estimate of drug-likeness (QED) is 0.803. The number of rotatable bonds is 7. The van der Waals surface area contributed by atoms with E-state index < -0.39 is 0 Å². The van der Waals surface area contributed by atoms with E-state index in [4.69, 9.17) is 18.9 Å². The van der Waals surface area contributed by atoms with Gasteiger partial charge in [0.2, 0.25) is 5.75 Å². The molecule has 2 atom stereocenters. The number of methoxy groups -OCH3 is 3. The summed E-state index contributed by atoms with van der Waals surface area (Å²) in [6, 6.07) is 3.37. The van der Waals surface area contributed by atoms with Gasteiger partial charge in [-0.15, -0.1) is 0 Å². The van der Waals surface area contributed by atoms with E-state index in [-0.39, 0.29) is 18.1 Å². The lowest BCUT2D eigenvalue weighted by Crippen LogP contribution is -2.47. The predicted molar refractivity (Wildman–Crippen MR) is 94.9 cm³/mol. The van der Waals surface area contributed by atoms with E-state index in [9.17, 15) is 4.79 Å². The van der Waals surface area contributed by atoms with Gasteiger partial charge in [-0.3, -0.25) is 9.69 Å². The summed E-state index contributed by atoms with van der Waals surface area (Å²) in [7, 11) is 4.56. The summed E-state index contributed by atoms with van der Waals surface area (Å²) in [5.74, 6) is 1.10. The molecule has 2 rings (SSSR count). The SMILES string of the molecule is COc1ccc(C(=O)NCCN2CC(C)OC(C)C2)c(OC)c1OC. The van der Waals surface area contributed by atoms with Crippen LogP contribution in [-0.2, 0) is 4.74 Å². The maximum absolute atomic E-state index is 12.5. The van der Waals surface area contributed by atoms with Crippen LogP contribution in [0.4, 0.5) is 0 Å². The number of carbonyl (C=O) groups is 1. The first-order valence-electron chi connectivity index (χ1n) is 8.45. The normalized spacial score (nSPS) is 20.8. The van der Waals surface area contributed by atoms with Gasteiger partial charge < -0.3 is 24.3 Å². The highest BCUT2D eigenvalue weighted by atomic mass is 16.5. The molecule has 0 radical (unpaired) electrons. The number of benzene rings is 1. The molecule has 1 aromatic rings. The summed E-state index contributed by atoms with van der Waals surface area (Å²) >= 11 is 0. The van der Waals surface area contributed by atoms with Crippen molar-refractivity contribution >= 4 is 5.91 Å². The Labute approximate surface area is 149 Å². The van der Waals surface area contributed by atoms with E-state index in [0.29, 0.717) is 29.4 Å². The zero-order valence-electron chi connectivity index (χ0n) is 15.6. The minimum atomic E-state index is -0.202. The molecule has 1 fully saturated rings. The highest BCUT2D eigenvalue weighted by Crippen LogP contribution is 2.39. The van der Waals surface area contributed by atoms with Gasteiger partial charge in [0.15, 0.2) is 11.5 Å². The Morgan fingerprint density at radius 2 is 1.76 bits per heavy atom. The zero-order valence-corrected chi connectivity index (χ0v) is 15.6. The van der Waals surface area contributed by atoms with Crippen molar-refractivity contribution in [2.24, 2.45) is 0 Å². The number of nitrogens with zero attached hydrogens (tertiary/aromatic N) is 1. The molecule has 1 aromatic carbocycles. The van der Waals surface area contributed by atoms with Crippen molar-refractivity contribution in [3.05, 3.63) is 17.7 Å². The number of carbonyl (C=O) groups excluding carboxylic acids is 1. The second kappa shape index (κ2) is 8.92. The van der Waals surface area contributed by atoms with Crippen LogP contribution < -0.4 is 19.5 Å². The number of hydrogen-bond donors (Lipinski definition) is 1. The second-order valence-corrected chi connectivity index (χ2v) is 6.15. The molecule has 1 saturated heterocycles. The Kier molecular flexibility index (Phi) is 6.90. The van der Waals surface area contributed by atoms with E-state index in [1.807, 2.05) is 0 Å². The predicted octanol–water partition coefficient (Wildman–Crippen LogP) is 1.55. The third kappa shape index (κ3) is 4.76. The molecule has 1 aliphatic rings. The van der Waals surface area contributed by atoms with Crippen LogP contribution in [-0.4, -0.2) is 70.5 Å². The van der Waals surface area contributed by atoms with E-state index in [1.54, 1.807) is 19.2 Å². The van der Waals surface area contributed by atoms with Crippen LogP contribution in [0.15, 0.2) is 12.1 Å². The molecule has 2 unspecified atom stereocenters. The molecular formula is C18H28N2O5. The minimum absolute atomic E-state index is 0.202. The Morgan fingerprint density at radius 3 is 2.32 bits per heavy atom. The molecule has 0 aliphatic carbocycles. The topological polar surface area (TPSA) is 69.3 Å². The smallest absolute Gasteiger partial charge is 0.255 e. The molecule has 0 spiro atoms. The molecule has 140 valence electrons. The van der Waals surface area contributed by atoms with Crippen molar-refractivity contribution in [2.45, 2.75) is 26.1 Å². The zero-order chi connectivity index (χ0) is 18.4. The average molecular weight is 352 g/mol. The highest BCUT2D eigenvalue weighted by Gasteiger charge is 2.23. The second-order valence-electron chi connectivity index (χ2n) is 6.15. The summed E-state index contributed by atoms with van der Waals surface area (Å²) in [6.45, 7) is 7.21. The molecule has 1 amide bonds. The number of ether oxygens (including phenoxy) is 4. The van der Waals surface area contributed by atoms with E-state index in [1.165, 1.54) is 14.2 Å². The minimum Gasteiger partial charge on any atom is -0.493 e. The Morgan fingerprint density at radius 1 is 1.12 bits per heavy atom. The standard InChI is InChI=1S/C18H28N2O5/c1-12-10-20(11-13(2)25-12)9-8-19-18(21)14-6-7-15(22-3)17(24-5)16(14)23-4/h6-7,12-13H,8-11H2,1-5H3,(H,19,21). The fraction of sp³-hybridized carbons (Fsp3) is 0.611. The molecule has 1 heterocycles. The van der Waals surface area contributed by atoms with Crippen molar-refractivity contribution in [3.8, 4) is 17.2 Å². The first-order chi connectivity index (χ1) is 12.0. The lowest BCUT2D eigenvalue weighted by molar-refractivity contribution is -0.0672. The van der Waals surface area contributed by atoms with Gasteiger partial charge in [-0.05, 0) is 26.0 Å². The summed E-state index contributed by atoms with van der Waals surface area (Å²) in [6.07, 6.45) is 0.427. The van der Waals surface area contributed by atoms with Crippen molar-refractivity contribution in [2.75, 3.05) is 47.5 Å². The molecule has 7 heteroatoms. The first-order valence-corrected chi connectivity index (χ1v) is 8.45. The molecule has 0 bridgehead atoms. The average Bonchev–Trinajstić information content (AvgIpc) is 2.59. The Balaban J connectivity index is 1.99. The number of nitrogens with one attached hydrogen (secondary N) is 1. The van der Waals surface area contributed by atoms with Crippen molar-refractivity contribution < 1.29 is 23.7 Å². The van der Waals surface area contributed by atoms with Crippen LogP contribution in [0.2, 0.25) is 0 Å². The molecule has 25 heavy (non-hydrogen) atoms. The van der Waals surface area contributed by atoms with Gasteiger partial charge in [0.1, 0.15) is 0 Å². The monoisotopic (exact) mass is 352 g/mol. The molecular weight excluding hydrogens is 324 g/mol. The Hall–Kier alpha value is -1.99. The van der Waals surface area contributed by atoms with Crippen LogP contribution in [0.3, 0.4) is 0 Å². The molecule has 0 aromatic heterocycles. The summed E-state index contributed by atoms with van der Waals surface area (Å²) in [5.41, 5.74) is 0.420. The molecule has 1 aliphatic heterocycles. The largest absolute Gasteiger partial charge is 0.493 e. The molecule has 1 N–H and O–H groups in total. The third-order valence-corrected chi connectivity index (χ3v) is 4.16. The van der Waals surface area contributed by atoms with Crippen LogP contribution in [0.5, 0.6) is 17.2 Å². The lowest BCUT2D eigenvalue weighted by atomic mass is 10.1. The molecule has 7 nitrogen and oxygen atoms in total. The van der Waals surface area contributed by atoms with Gasteiger partial charge in [-0.1, -0.05) is 0 Å². The van der Waals surface area contributed by atoms with Crippen LogP contribution in [0.1, 0.15) is 24.2 Å². The Bertz CT molecular complexity index is 583. The van der Waals surface area contributed by atoms with Crippen molar-refractivity contribution in [1.29, 1.82) is 0 Å². The van der Waals surface area contributed by atoms with Gasteiger partial charge in [0.25, 0.3) is 5.91 Å². The van der Waals surface area contributed by atoms with Crippen LogP contribution in [0.25, 0.3) is 0 Å². The summed E-state index contributed by atoms with van der Waals surface area (Å²) in [5, 5.41) is 2.94. The third-order valence-electron chi connectivity index (χ3n) is 4.16. The molecule has 0 saturated carbocycles. The van der Waals surface area contributed by atoms with Gasteiger partial charge in [0, 0.05) is 26.2 Å². The van der Waals surface area contributed by atoms with Crippen LogP contribution in [0, 0.1) is 0 Å². The summed E-state index contributed by atoms with van der Waals surface area (Å²) in [4.78, 5) is 14.8. The number of amides is 1. The highest BCUT2D eigenvalue weighted by molar-refractivity contribution is 5.98. The fourth-order valence-corrected chi connectivity index (χ4v) is 3.17. The van der Waals surface area contributed by atoms with E-state index >= 15 is 0 Å². The van der Waals surface area contributed by atoms with Gasteiger partial charge in [-0.25, -0.2) is 0 Å². The maximum atomic E-state index is 12.5. The van der Waals surface area contributed by atoms with Crippen LogP contribution >= 0.6 is 0 Å². The van der Waals surface area contributed by atoms with Gasteiger partial charge >= 0.3 is 0 Å². The summed E-state index contributed by atoms with van der Waals surface area (Å²) < 4.78 is 21.6. The fourth-order valence-electron chi connectivity index (χ4n) is 3.17.